The molecule has 0 aliphatic carbocycles. The fourth-order valence-electron chi connectivity index (χ4n) is 0.402. The van der Waals surface area contributed by atoms with E-state index in [1.54, 1.807) is 0 Å². The second-order valence-corrected chi connectivity index (χ2v) is 3.23. The van der Waals surface area contributed by atoms with E-state index in [0.717, 1.165) is 0 Å². The van der Waals surface area contributed by atoms with Gasteiger partial charge in [0.05, 0.1) is 0 Å². The maximum absolute atomic E-state index is 9.99. The van der Waals surface area contributed by atoms with Gasteiger partial charge in [0.2, 0.25) is 0 Å². The average molecular weight is 323 g/mol. The van der Waals surface area contributed by atoms with Crippen molar-refractivity contribution < 1.29 is 51.2 Å². The van der Waals surface area contributed by atoms with Crippen LogP contribution in [0, 0.1) is 0 Å². The molecule has 0 saturated carbocycles. The van der Waals surface area contributed by atoms with Crippen LogP contribution >= 0.6 is 0 Å². The molecule has 5 N–H and O–H groups in total. The Labute approximate surface area is 88.0 Å². The standard InChI is InChI=1S/C5H9NO4.HIO3/c6-3(5(9)10)1-2-4(7)8;2-1(3)4/h3H,1-2,6H2,(H,7,8)(H,9,10);2H/t3-;/m0./s1. The molecule has 9 heteroatoms. The third kappa shape index (κ3) is 17.6. The predicted octanol–water partition coefficient (Wildman–Crippen LogP) is -6.67. The van der Waals surface area contributed by atoms with Gasteiger partial charge in [-0.05, 0) is 9.86 Å². The molecule has 0 aromatic heterocycles. The van der Waals surface area contributed by atoms with Crippen LogP contribution in [-0.2, 0) is 9.59 Å². The zero-order valence-corrected chi connectivity index (χ0v) is 9.08. The molecule has 1 atom stereocenters. The third-order valence-corrected chi connectivity index (χ3v) is 0.986. The Hall–Kier alpha value is -0.490. The van der Waals surface area contributed by atoms with E-state index >= 15 is 0 Å². The zero-order chi connectivity index (χ0) is 11.7. The summed E-state index contributed by atoms with van der Waals surface area (Å²) < 4.78 is 24.5. The molecule has 0 bridgehead atoms. The SMILES string of the molecule is N[C@@H](CCC(=O)O)C(=O)O.[O-][I+2]([O-])O. The number of carboxylic acids is 2. The van der Waals surface area contributed by atoms with Crippen LogP contribution in [0.4, 0.5) is 0 Å². The minimum Gasteiger partial charge on any atom is -0.481 e. The average Bonchev–Trinajstić information content (AvgIpc) is 1.98. The van der Waals surface area contributed by atoms with Crippen molar-refractivity contribution in [3.8, 4) is 0 Å². The van der Waals surface area contributed by atoms with Crippen molar-refractivity contribution >= 4 is 11.9 Å². The van der Waals surface area contributed by atoms with Crippen molar-refractivity contribution in [3.05, 3.63) is 0 Å². The van der Waals surface area contributed by atoms with E-state index in [9.17, 15) is 9.59 Å². The number of rotatable bonds is 4. The Morgan fingerprint density at radius 1 is 1.36 bits per heavy atom. The Bertz CT molecular complexity index is 182. The molecule has 14 heavy (non-hydrogen) atoms. The van der Waals surface area contributed by atoms with Crippen molar-refractivity contribution in [1.82, 2.24) is 0 Å². The molecular formula is C5H10INO7. The van der Waals surface area contributed by atoms with Gasteiger partial charge in [-0.15, -0.1) is 0 Å². The lowest BCUT2D eigenvalue weighted by Crippen LogP contribution is -3.98. The molecule has 0 amide bonds. The van der Waals surface area contributed by atoms with E-state index < -0.39 is 39.0 Å². The van der Waals surface area contributed by atoms with Crippen LogP contribution in [0.1, 0.15) is 12.8 Å². The number of hydrogen-bond donors (Lipinski definition) is 4. The molecule has 0 heterocycles. The van der Waals surface area contributed by atoms with E-state index in [1.165, 1.54) is 0 Å². The minimum absolute atomic E-state index is 0.0231. The topological polar surface area (TPSA) is 167 Å². The van der Waals surface area contributed by atoms with E-state index in [2.05, 4.69) is 0 Å². The van der Waals surface area contributed by atoms with E-state index in [1.807, 2.05) is 0 Å². The molecule has 0 aromatic rings. The van der Waals surface area contributed by atoms with Gasteiger partial charge in [-0.2, -0.15) is 0 Å². The smallest absolute Gasteiger partial charge is 0.481 e. The summed E-state index contributed by atoms with van der Waals surface area (Å²) in [6.45, 7) is 0. The second-order valence-electron chi connectivity index (χ2n) is 2.08. The highest BCUT2D eigenvalue weighted by molar-refractivity contribution is 5.74. The minimum atomic E-state index is -3.76. The van der Waals surface area contributed by atoms with Crippen molar-refractivity contribution in [2.75, 3.05) is 0 Å². The number of nitrogens with two attached hydrogens (primary N) is 1. The maximum Gasteiger partial charge on any atom is 0.503 e. The Morgan fingerprint density at radius 3 is 1.93 bits per heavy atom. The van der Waals surface area contributed by atoms with Gasteiger partial charge in [-0.3, -0.25) is 9.59 Å². The molecule has 84 valence electrons. The lowest BCUT2D eigenvalue weighted by Gasteiger charge is -2.01. The second kappa shape index (κ2) is 9.08. The van der Waals surface area contributed by atoms with E-state index in [0.29, 0.717) is 0 Å². The molecule has 0 fully saturated rings. The van der Waals surface area contributed by atoms with Crippen LogP contribution in [0.3, 0.4) is 0 Å². The molecule has 0 unspecified atom stereocenters. The molecule has 8 nitrogen and oxygen atoms in total. The molecule has 0 saturated heterocycles. The van der Waals surface area contributed by atoms with Crippen molar-refractivity contribution in [1.29, 1.82) is 0 Å². The number of carboxylic acid groups (broad SMARTS) is 2. The molecule has 0 aliphatic rings. The summed E-state index contributed by atoms with van der Waals surface area (Å²) in [7, 11) is 0. The molecule has 0 rings (SSSR count). The first-order valence-corrected chi connectivity index (χ1v) is 5.94. The summed E-state index contributed by atoms with van der Waals surface area (Å²) in [5, 5.41) is 16.3. The van der Waals surface area contributed by atoms with Crippen molar-refractivity contribution in [2.45, 2.75) is 18.9 Å². The van der Waals surface area contributed by atoms with Crippen LogP contribution in [0.15, 0.2) is 0 Å². The molecule has 0 spiro atoms. The van der Waals surface area contributed by atoms with Crippen LogP contribution in [-0.4, -0.2) is 31.6 Å². The number of carbonyl (C=O) groups is 2. The Morgan fingerprint density at radius 2 is 1.71 bits per heavy atom. The normalized spacial score (nSPS) is 11.5. The summed E-state index contributed by atoms with van der Waals surface area (Å²) >= 11 is -3.76. The van der Waals surface area contributed by atoms with Crippen molar-refractivity contribution in [3.63, 3.8) is 0 Å². The maximum atomic E-state index is 9.99. The molecule has 0 radical (unpaired) electrons. The molecule has 0 aromatic carbocycles. The first-order valence-electron chi connectivity index (χ1n) is 3.22. The summed E-state index contributed by atoms with van der Waals surface area (Å²) in [5.74, 6) is -2.20. The highest BCUT2D eigenvalue weighted by atomic mass is 127. The summed E-state index contributed by atoms with van der Waals surface area (Å²) in [5.41, 5.74) is 5.00. The van der Waals surface area contributed by atoms with Crippen LogP contribution < -0.4 is 33.7 Å². The van der Waals surface area contributed by atoms with E-state index in [4.69, 9.17) is 26.3 Å². The number of hydrogen-bond acceptors (Lipinski definition) is 6. The van der Waals surface area contributed by atoms with Gasteiger partial charge in [-0.25, -0.2) is 0 Å². The fraction of sp³-hybridized carbons (Fsp3) is 0.600. The van der Waals surface area contributed by atoms with Gasteiger partial charge in [-0.1, -0.05) is 0 Å². The monoisotopic (exact) mass is 323 g/mol. The van der Waals surface area contributed by atoms with Gasteiger partial charge < -0.3 is 22.8 Å². The predicted molar refractivity (Wildman–Crippen MR) is 34.7 cm³/mol. The number of aliphatic carboxylic acids is 2. The van der Waals surface area contributed by atoms with Crippen LogP contribution in [0.2, 0.25) is 0 Å². The first kappa shape index (κ1) is 16.0. The summed E-state index contributed by atoms with van der Waals surface area (Å²) in [6, 6.07) is -1.06. The highest BCUT2D eigenvalue weighted by Crippen LogP contribution is 1.93. The zero-order valence-electron chi connectivity index (χ0n) is 6.92. The third-order valence-electron chi connectivity index (χ3n) is 0.986. The van der Waals surface area contributed by atoms with Gasteiger partial charge in [0.1, 0.15) is 6.04 Å². The van der Waals surface area contributed by atoms with Crippen molar-refractivity contribution in [2.24, 2.45) is 5.73 Å². The lowest BCUT2D eigenvalue weighted by molar-refractivity contribution is -1.63. The van der Waals surface area contributed by atoms with Crippen LogP contribution in [0.25, 0.3) is 0 Å². The lowest BCUT2D eigenvalue weighted by atomic mass is 10.2. The largest absolute Gasteiger partial charge is 0.503 e. The van der Waals surface area contributed by atoms with Crippen LogP contribution in [0.5, 0.6) is 0 Å². The summed E-state index contributed by atoms with van der Waals surface area (Å²) in [4.78, 5) is 19.9. The Kier molecular flexibility index (Phi) is 10.4. The molecular weight excluding hydrogens is 313 g/mol. The van der Waals surface area contributed by atoms with Gasteiger partial charge >= 0.3 is 33.0 Å². The van der Waals surface area contributed by atoms with Gasteiger partial charge in [0, 0.05) is 6.42 Å². The highest BCUT2D eigenvalue weighted by Gasteiger charge is 2.12. The van der Waals surface area contributed by atoms with Gasteiger partial charge in [0.25, 0.3) is 0 Å². The number of halogens is 1. The Balaban J connectivity index is 0. The fourth-order valence-corrected chi connectivity index (χ4v) is 0.402. The first-order chi connectivity index (χ1) is 6.27. The quantitative estimate of drug-likeness (QED) is 0.370. The molecule has 0 aliphatic heterocycles. The summed E-state index contributed by atoms with van der Waals surface area (Å²) in [6.07, 6.45) is -0.224. The van der Waals surface area contributed by atoms with Gasteiger partial charge in [0.15, 0.2) is 0 Å². The van der Waals surface area contributed by atoms with E-state index in [-0.39, 0.29) is 12.8 Å².